The first kappa shape index (κ1) is 17.3. The summed E-state index contributed by atoms with van der Waals surface area (Å²) in [5, 5.41) is 9.86. The number of aromatic nitrogens is 2. The summed E-state index contributed by atoms with van der Waals surface area (Å²) in [5.41, 5.74) is 1.37. The second-order valence-corrected chi connectivity index (χ2v) is 6.95. The lowest BCUT2D eigenvalue weighted by Gasteiger charge is -2.10. The van der Waals surface area contributed by atoms with Crippen molar-refractivity contribution in [3.05, 3.63) is 75.9 Å². The summed E-state index contributed by atoms with van der Waals surface area (Å²) in [6.45, 7) is 0.690. The summed E-state index contributed by atoms with van der Waals surface area (Å²) in [7, 11) is 0. The fourth-order valence-corrected chi connectivity index (χ4v) is 3.10. The van der Waals surface area contributed by atoms with Gasteiger partial charge in [-0.25, -0.2) is 4.98 Å². The number of nitrogens with zero attached hydrogens (tertiary/aromatic N) is 3. The summed E-state index contributed by atoms with van der Waals surface area (Å²) in [6.07, 6.45) is 5.66. The molecule has 1 saturated carbocycles. The first-order valence-electron chi connectivity index (χ1n) is 8.67. The highest BCUT2D eigenvalue weighted by atomic mass is 35.5. The fourth-order valence-electron chi connectivity index (χ4n) is 2.93. The third kappa shape index (κ3) is 3.86. The molecule has 0 spiro atoms. The molecule has 0 amide bonds. The highest BCUT2D eigenvalue weighted by Crippen LogP contribution is 2.31. The molecule has 0 aliphatic heterocycles. The Morgan fingerprint density at radius 2 is 1.96 bits per heavy atom. The smallest absolute Gasteiger partial charge is 0.269 e. The first-order valence-corrected chi connectivity index (χ1v) is 9.05. The van der Waals surface area contributed by atoms with Crippen LogP contribution in [0.1, 0.15) is 18.4 Å². The van der Waals surface area contributed by atoms with Gasteiger partial charge in [0.15, 0.2) is 0 Å². The lowest BCUT2D eigenvalue weighted by molar-refractivity contribution is 0.482. The van der Waals surface area contributed by atoms with E-state index in [1.54, 1.807) is 41.2 Å². The molecule has 134 valence electrons. The van der Waals surface area contributed by atoms with Crippen LogP contribution < -0.4 is 10.3 Å². The van der Waals surface area contributed by atoms with E-state index in [9.17, 15) is 10.1 Å². The van der Waals surface area contributed by atoms with Gasteiger partial charge in [-0.3, -0.25) is 4.79 Å². The molecule has 0 atom stereocenters. The van der Waals surface area contributed by atoms with Gasteiger partial charge in [0.05, 0.1) is 0 Å². The van der Waals surface area contributed by atoms with Crippen LogP contribution in [-0.2, 0) is 6.54 Å². The van der Waals surface area contributed by atoms with Gasteiger partial charge in [-0.2, -0.15) is 5.26 Å². The van der Waals surface area contributed by atoms with E-state index in [1.807, 2.05) is 18.2 Å². The quantitative estimate of drug-likeness (QED) is 0.607. The standard InChI is InChI=1S/C21H16ClN3O2/c22-20-11-17(7-9-24-20)27-16-5-3-15(4-6-16)18-8-10-25(13-14-1-2-14)21(26)19(18)12-23/h3-11,14H,1-2,13H2. The van der Waals surface area contributed by atoms with Crippen molar-refractivity contribution in [2.24, 2.45) is 5.92 Å². The maximum Gasteiger partial charge on any atom is 0.269 e. The van der Waals surface area contributed by atoms with E-state index < -0.39 is 0 Å². The zero-order valence-corrected chi connectivity index (χ0v) is 15.2. The Hall–Kier alpha value is -3.10. The van der Waals surface area contributed by atoms with Crippen LogP contribution in [0, 0.1) is 17.2 Å². The Kier molecular flexibility index (Phi) is 4.66. The summed E-state index contributed by atoms with van der Waals surface area (Å²) < 4.78 is 7.39. The van der Waals surface area contributed by atoms with Crippen molar-refractivity contribution in [2.75, 3.05) is 0 Å². The largest absolute Gasteiger partial charge is 0.457 e. The second kappa shape index (κ2) is 7.26. The minimum atomic E-state index is -0.228. The van der Waals surface area contributed by atoms with Crippen molar-refractivity contribution in [3.63, 3.8) is 0 Å². The fraction of sp³-hybridized carbons (Fsp3) is 0.190. The molecule has 5 nitrogen and oxygen atoms in total. The van der Waals surface area contributed by atoms with E-state index in [0.717, 1.165) is 18.4 Å². The molecule has 0 unspecified atom stereocenters. The molecule has 0 bridgehead atoms. The third-order valence-corrected chi connectivity index (χ3v) is 4.73. The Bertz CT molecular complexity index is 1080. The Morgan fingerprint density at radius 1 is 1.19 bits per heavy atom. The molecule has 2 aromatic heterocycles. The van der Waals surface area contributed by atoms with E-state index in [0.29, 0.717) is 34.7 Å². The van der Waals surface area contributed by atoms with Gasteiger partial charge in [0.2, 0.25) is 0 Å². The Labute approximate surface area is 161 Å². The summed E-state index contributed by atoms with van der Waals surface area (Å²) >= 11 is 5.86. The number of nitriles is 1. The molecule has 27 heavy (non-hydrogen) atoms. The molecular weight excluding hydrogens is 362 g/mol. The van der Waals surface area contributed by atoms with E-state index in [1.165, 1.54) is 0 Å². The van der Waals surface area contributed by atoms with Crippen molar-refractivity contribution in [3.8, 4) is 28.7 Å². The molecular formula is C21H16ClN3O2. The van der Waals surface area contributed by atoms with Gasteiger partial charge < -0.3 is 9.30 Å². The molecule has 0 N–H and O–H groups in total. The molecule has 0 saturated heterocycles. The van der Waals surface area contributed by atoms with Crippen LogP contribution in [0.5, 0.6) is 11.5 Å². The highest BCUT2D eigenvalue weighted by molar-refractivity contribution is 6.29. The van der Waals surface area contributed by atoms with Gasteiger partial charge in [-0.1, -0.05) is 23.7 Å². The zero-order chi connectivity index (χ0) is 18.8. The second-order valence-electron chi connectivity index (χ2n) is 6.56. The number of hydrogen-bond acceptors (Lipinski definition) is 4. The Balaban J connectivity index is 1.61. The summed E-state index contributed by atoms with van der Waals surface area (Å²) in [5.74, 6) is 1.78. The van der Waals surface area contributed by atoms with Gasteiger partial charge in [-0.15, -0.1) is 0 Å². The van der Waals surface area contributed by atoms with E-state index in [-0.39, 0.29) is 11.1 Å². The van der Waals surface area contributed by atoms with E-state index >= 15 is 0 Å². The van der Waals surface area contributed by atoms with Gasteiger partial charge in [-0.05, 0) is 48.6 Å². The van der Waals surface area contributed by atoms with E-state index in [4.69, 9.17) is 16.3 Å². The molecule has 4 rings (SSSR count). The lowest BCUT2D eigenvalue weighted by atomic mass is 10.0. The summed E-state index contributed by atoms with van der Waals surface area (Å²) in [6, 6.07) is 14.5. The number of rotatable bonds is 5. The lowest BCUT2D eigenvalue weighted by Crippen LogP contribution is -2.23. The van der Waals surface area contributed by atoms with Crippen LogP contribution in [0.15, 0.2) is 59.7 Å². The van der Waals surface area contributed by atoms with Gasteiger partial charge in [0.25, 0.3) is 5.56 Å². The maximum absolute atomic E-state index is 12.6. The molecule has 2 heterocycles. The number of halogens is 1. The topological polar surface area (TPSA) is 67.9 Å². The molecule has 1 aromatic carbocycles. The number of hydrogen-bond donors (Lipinski definition) is 0. The van der Waals surface area contributed by atoms with Crippen LogP contribution in [-0.4, -0.2) is 9.55 Å². The van der Waals surface area contributed by atoms with Crippen molar-refractivity contribution in [1.82, 2.24) is 9.55 Å². The Morgan fingerprint density at radius 3 is 2.63 bits per heavy atom. The molecule has 1 aliphatic carbocycles. The molecule has 1 fully saturated rings. The van der Waals surface area contributed by atoms with Crippen LogP contribution in [0.25, 0.3) is 11.1 Å². The van der Waals surface area contributed by atoms with Crippen molar-refractivity contribution >= 4 is 11.6 Å². The average Bonchev–Trinajstić information content (AvgIpc) is 3.48. The van der Waals surface area contributed by atoms with Crippen LogP contribution in [0.3, 0.4) is 0 Å². The molecule has 6 heteroatoms. The third-order valence-electron chi connectivity index (χ3n) is 4.53. The highest BCUT2D eigenvalue weighted by Gasteiger charge is 2.23. The molecule has 0 radical (unpaired) electrons. The zero-order valence-electron chi connectivity index (χ0n) is 14.4. The number of pyridine rings is 2. The van der Waals surface area contributed by atoms with Gasteiger partial charge in [0, 0.05) is 30.6 Å². The van der Waals surface area contributed by atoms with Crippen LogP contribution in [0.4, 0.5) is 0 Å². The van der Waals surface area contributed by atoms with Crippen molar-refractivity contribution in [2.45, 2.75) is 19.4 Å². The van der Waals surface area contributed by atoms with Crippen LogP contribution >= 0.6 is 11.6 Å². The number of benzene rings is 1. The van der Waals surface area contributed by atoms with Gasteiger partial charge >= 0.3 is 0 Å². The summed E-state index contributed by atoms with van der Waals surface area (Å²) in [4.78, 5) is 16.5. The normalized spacial score (nSPS) is 13.2. The molecule has 3 aromatic rings. The van der Waals surface area contributed by atoms with E-state index in [2.05, 4.69) is 11.1 Å². The first-order chi connectivity index (χ1) is 13.1. The maximum atomic E-state index is 12.6. The SMILES string of the molecule is N#Cc1c(-c2ccc(Oc3ccnc(Cl)c3)cc2)ccn(CC2CC2)c1=O. The van der Waals surface area contributed by atoms with Crippen molar-refractivity contribution in [1.29, 1.82) is 5.26 Å². The minimum absolute atomic E-state index is 0.174. The predicted molar refractivity (Wildman–Crippen MR) is 103 cm³/mol. The number of ether oxygens (including phenoxy) is 1. The van der Waals surface area contributed by atoms with Crippen LogP contribution in [0.2, 0.25) is 5.15 Å². The van der Waals surface area contributed by atoms with Crippen molar-refractivity contribution < 1.29 is 4.74 Å². The minimum Gasteiger partial charge on any atom is -0.457 e. The predicted octanol–water partition coefficient (Wildman–Crippen LogP) is 4.64. The monoisotopic (exact) mass is 377 g/mol. The van der Waals surface area contributed by atoms with Gasteiger partial charge in [0.1, 0.15) is 28.3 Å². The molecule has 1 aliphatic rings. The average molecular weight is 378 g/mol.